The second kappa shape index (κ2) is 7.28. The van der Waals surface area contributed by atoms with Crippen LogP contribution in [0.5, 0.6) is 0 Å². The van der Waals surface area contributed by atoms with Gasteiger partial charge in [-0.05, 0) is 35.9 Å². The van der Waals surface area contributed by atoms with Crippen LogP contribution in [0.2, 0.25) is 5.02 Å². The van der Waals surface area contributed by atoms with E-state index >= 15 is 0 Å². The largest absolute Gasteiger partial charge is 0.257 e. The molecule has 25 heavy (non-hydrogen) atoms. The predicted molar refractivity (Wildman–Crippen MR) is 110 cm³/mol. The molecule has 1 atom stereocenters. The van der Waals surface area contributed by atoms with Gasteiger partial charge in [0.15, 0.2) is 0 Å². The molecule has 0 radical (unpaired) electrons. The highest BCUT2D eigenvalue weighted by Crippen LogP contribution is 2.40. The summed E-state index contributed by atoms with van der Waals surface area (Å²) in [6.07, 6.45) is 4.87. The molecule has 126 valence electrons. The van der Waals surface area contributed by atoms with E-state index in [1.54, 1.807) is 11.8 Å². The number of hydrazone groups is 1. The Kier molecular flexibility index (Phi) is 4.89. The van der Waals surface area contributed by atoms with Crippen LogP contribution < -0.4 is 5.01 Å². The van der Waals surface area contributed by atoms with Crippen molar-refractivity contribution >= 4 is 46.4 Å². The molecule has 2 aliphatic heterocycles. The molecule has 5 heteroatoms. The number of allylic oxidation sites excluding steroid dienone is 3. The lowest BCUT2D eigenvalue weighted by Gasteiger charge is -2.24. The SMILES string of the molecule is ClC1=C(C2=NN(c3ccccc3)C(c3ccc(Cl)cc3)C2)SCC=C1. The fourth-order valence-electron chi connectivity index (χ4n) is 3.06. The summed E-state index contributed by atoms with van der Waals surface area (Å²) in [6, 6.07) is 18.4. The van der Waals surface area contributed by atoms with Crippen molar-refractivity contribution in [1.82, 2.24) is 0 Å². The number of nitrogens with zero attached hydrogens (tertiary/aromatic N) is 2. The number of hydrogen-bond acceptors (Lipinski definition) is 3. The lowest BCUT2D eigenvalue weighted by molar-refractivity contribution is 0.709. The third-order valence-electron chi connectivity index (χ3n) is 4.25. The van der Waals surface area contributed by atoms with Crippen LogP contribution in [0.4, 0.5) is 5.69 Å². The van der Waals surface area contributed by atoms with E-state index in [2.05, 4.69) is 35.4 Å². The summed E-state index contributed by atoms with van der Waals surface area (Å²) >= 11 is 14.2. The average molecular weight is 387 g/mol. The minimum absolute atomic E-state index is 0.137. The van der Waals surface area contributed by atoms with Gasteiger partial charge in [-0.15, -0.1) is 11.8 Å². The van der Waals surface area contributed by atoms with Gasteiger partial charge in [0.1, 0.15) is 0 Å². The van der Waals surface area contributed by atoms with Crippen LogP contribution in [0.3, 0.4) is 0 Å². The van der Waals surface area contributed by atoms with Crippen molar-refractivity contribution in [2.24, 2.45) is 5.10 Å². The quantitative estimate of drug-likeness (QED) is 0.606. The second-order valence-corrected chi connectivity index (χ2v) is 7.76. The minimum atomic E-state index is 0.137. The number of anilines is 1. The summed E-state index contributed by atoms with van der Waals surface area (Å²) in [5, 5.41) is 8.55. The molecule has 0 aliphatic carbocycles. The summed E-state index contributed by atoms with van der Waals surface area (Å²) in [4.78, 5) is 1.08. The Morgan fingerprint density at radius 1 is 1.00 bits per heavy atom. The fraction of sp³-hybridized carbons (Fsp3) is 0.150. The number of halogens is 2. The van der Waals surface area contributed by atoms with Gasteiger partial charge in [-0.2, -0.15) is 5.10 Å². The molecule has 0 bridgehead atoms. The first-order valence-corrected chi connectivity index (χ1v) is 9.83. The molecule has 0 N–H and O–H groups in total. The van der Waals surface area contributed by atoms with Gasteiger partial charge in [0.2, 0.25) is 0 Å². The monoisotopic (exact) mass is 386 g/mol. The average Bonchev–Trinajstić information content (AvgIpc) is 3.08. The normalized spacial score (nSPS) is 20.2. The Balaban J connectivity index is 1.74. The minimum Gasteiger partial charge on any atom is -0.257 e. The molecule has 0 saturated carbocycles. The van der Waals surface area contributed by atoms with Crippen molar-refractivity contribution in [2.45, 2.75) is 12.5 Å². The summed E-state index contributed by atoms with van der Waals surface area (Å²) in [5.74, 6) is 0.932. The molecule has 0 amide bonds. The molecule has 2 heterocycles. The number of para-hydroxylation sites is 1. The van der Waals surface area contributed by atoms with Crippen LogP contribution in [0.1, 0.15) is 18.0 Å². The van der Waals surface area contributed by atoms with Crippen molar-refractivity contribution in [3.63, 3.8) is 0 Å². The Hall–Kier alpha value is -1.68. The Bertz CT molecular complexity index is 857. The zero-order valence-electron chi connectivity index (χ0n) is 13.4. The molecule has 1 unspecified atom stereocenters. The Morgan fingerprint density at radius 3 is 2.48 bits per heavy atom. The highest BCUT2D eigenvalue weighted by molar-refractivity contribution is 8.04. The third kappa shape index (κ3) is 3.50. The second-order valence-electron chi connectivity index (χ2n) is 5.89. The summed E-state index contributed by atoms with van der Waals surface area (Å²) in [6.45, 7) is 0. The van der Waals surface area contributed by atoms with Crippen LogP contribution in [-0.2, 0) is 0 Å². The van der Waals surface area contributed by atoms with Gasteiger partial charge in [-0.3, -0.25) is 5.01 Å². The van der Waals surface area contributed by atoms with E-state index in [0.717, 1.165) is 38.5 Å². The maximum atomic E-state index is 6.43. The van der Waals surface area contributed by atoms with Crippen molar-refractivity contribution in [2.75, 3.05) is 10.8 Å². The van der Waals surface area contributed by atoms with Crippen molar-refractivity contribution < 1.29 is 0 Å². The summed E-state index contributed by atoms with van der Waals surface area (Å²) in [7, 11) is 0. The van der Waals surface area contributed by atoms with E-state index in [0.29, 0.717) is 0 Å². The van der Waals surface area contributed by atoms with Crippen LogP contribution in [0, 0.1) is 0 Å². The molecule has 4 rings (SSSR count). The maximum absolute atomic E-state index is 6.43. The molecule has 0 spiro atoms. The van der Waals surface area contributed by atoms with E-state index in [4.69, 9.17) is 28.3 Å². The van der Waals surface area contributed by atoms with Gasteiger partial charge in [-0.1, -0.05) is 59.6 Å². The standard InChI is InChI=1S/C20H16Cl2N2S/c21-15-10-8-14(9-11-15)19-13-18(20-17(22)7-4-12-25-20)23-24(19)16-5-2-1-3-6-16/h1-11,19H,12-13H2. The first-order chi connectivity index (χ1) is 12.2. The molecule has 2 aromatic rings. The number of hydrogen-bond donors (Lipinski definition) is 0. The van der Waals surface area contributed by atoms with Gasteiger partial charge in [0, 0.05) is 22.1 Å². The first-order valence-electron chi connectivity index (χ1n) is 8.09. The van der Waals surface area contributed by atoms with Crippen LogP contribution in [0.15, 0.2) is 81.8 Å². The van der Waals surface area contributed by atoms with Crippen molar-refractivity contribution in [3.8, 4) is 0 Å². The number of benzene rings is 2. The van der Waals surface area contributed by atoms with Crippen molar-refractivity contribution in [3.05, 3.63) is 87.3 Å². The van der Waals surface area contributed by atoms with Crippen molar-refractivity contribution in [1.29, 1.82) is 0 Å². The van der Waals surface area contributed by atoms with E-state index < -0.39 is 0 Å². The Morgan fingerprint density at radius 2 is 1.76 bits per heavy atom. The lowest BCUT2D eigenvalue weighted by atomic mass is 10.0. The highest BCUT2D eigenvalue weighted by atomic mass is 35.5. The van der Waals surface area contributed by atoms with E-state index in [-0.39, 0.29) is 6.04 Å². The molecule has 2 aromatic carbocycles. The maximum Gasteiger partial charge on any atom is 0.0832 e. The van der Waals surface area contributed by atoms with Gasteiger partial charge >= 0.3 is 0 Å². The van der Waals surface area contributed by atoms with Crippen LogP contribution >= 0.6 is 35.0 Å². The van der Waals surface area contributed by atoms with E-state index in [1.807, 2.05) is 36.4 Å². The van der Waals surface area contributed by atoms with Gasteiger partial charge in [0.25, 0.3) is 0 Å². The van der Waals surface area contributed by atoms with Crippen LogP contribution in [0.25, 0.3) is 0 Å². The van der Waals surface area contributed by atoms with Gasteiger partial charge in [-0.25, -0.2) is 0 Å². The molecule has 2 aliphatic rings. The lowest BCUT2D eigenvalue weighted by Crippen LogP contribution is -2.18. The molecule has 0 fully saturated rings. The summed E-state index contributed by atoms with van der Waals surface area (Å²) in [5.41, 5.74) is 3.31. The highest BCUT2D eigenvalue weighted by Gasteiger charge is 2.31. The molecule has 2 nitrogen and oxygen atoms in total. The number of rotatable bonds is 3. The molecular formula is C20H16Cl2N2S. The third-order valence-corrected chi connectivity index (χ3v) is 6.04. The van der Waals surface area contributed by atoms with E-state index in [9.17, 15) is 0 Å². The smallest absolute Gasteiger partial charge is 0.0832 e. The fourth-order valence-corrected chi connectivity index (χ4v) is 4.40. The number of thioether (sulfide) groups is 1. The predicted octanol–water partition coefficient (Wildman–Crippen LogP) is 6.40. The molecular weight excluding hydrogens is 371 g/mol. The van der Waals surface area contributed by atoms with Crippen LogP contribution in [-0.4, -0.2) is 11.5 Å². The Labute approximate surface area is 161 Å². The first kappa shape index (κ1) is 16.8. The zero-order valence-corrected chi connectivity index (χ0v) is 15.7. The zero-order chi connectivity index (χ0) is 17.2. The molecule has 0 saturated heterocycles. The van der Waals surface area contributed by atoms with Gasteiger partial charge in [0.05, 0.1) is 22.5 Å². The van der Waals surface area contributed by atoms with E-state index in [1.165, 1.54) is 5.56 Å². The molecule has 0 aromatic heterocycles. The van der Waals surface area contributed by atoms with Gasteiger partial charge < -0.3 is 0 Å². The topological polar surface area (TPSA) is 15.6 Å². The summed E-state index contributed by atoms with van der Waals surface area (Å²) < 4.78 is 0.